The van der Waals surface area contributed by atoms with Gasteiger partial charge in [-0.05, 0) is 30.7 Å². The molecule has 15 heavy (non-hydrogen) atoms. The summed E-state index contributed by atoms with van der Waals surface area (Å²) in [6, 6.07) is 0. The van der Waals surface area contributed by atoms with Crippen molar-refractivity contribution in [3.8, 4) is 0 Å². The van der Waals surface area contributed by atoms with Crippen LogP contribution in [0.25, 0.3) is 0 Å². The summed E-state index contributed by atoms with van der Waals surface area (Å²) >= 11 is 0. The molecule has 0 aromatic heterocycles. The van der Waals surface area contributed by atoms with Crippen molar-refractivity contribution in [3.63, 3.8) is 0 Å². The van der Waals surface area contributed by atoms with Crippen molar-refractivity contribution in [1.82, 2.24) is 5.32 Å². The zero-order valence-electron chi connectivity index (χ0n) is 11.2. The van der Waals surface area contributed by atoms with Crippen LogP contribution >= 0.6 is 0 Å². The van der Waals surface area contributed by atoms with Crippen LogP contribution in [0.4, 0.5) is 0 Å². The molecule has 1 atom stereocenters. The predicted octanol–water partition coefficient (Wildman–Crippen LogP) is 2.93. The first-order valence-electron chi connectivity index (χ1n) is 6.32. The maximum absolute atomic E-state index is 5.52. The standard InChI is InChI=1S/C13H29NO/c1-11(2)6-8-15-9-7-14-10-13(5)12(3)4/h11-14H,6-10H2,1-5H3. The highest BCUT2D eigenvalue weighted by Crippen LogP contribution is 2.07. The molecule has 0 spiro atoms. The van der Waals surface area contributed by atoms with Crippen molar-refractivity contribution in [3.05, 3.63) is 0 Å². The third-order valence-electron chi connectivity index (χ3n) is 2.87. The fourth-order valence-electron chi connectivity index (χ4n) is 1.13. The molecule has 0 amide bonds. The second kappa shape index (κ2) is 9.17. The van der Waals surface area contributed by atoms with E-state index in [0.29, 0.717) is 0 Å². The molecular weight excluding hydrogens is 186 g/mol. The summed E-state index contributed by atoms with van der Waals surface area (Å²) in [5.74, 6) is 2.26. The van der Waals surface area contributed by atoms with E-state index in [9.17, 15) is 0 Å². The van der Waals surface area contributed by atoms with Gasteiger partial charge in [-0.3, -0.25) is 0 Å². The lowest BCUT2D eigenvalue weighted by Gasteiger charge is -2.16. The van der Waals surface area contributed by atoms with E-state index in [2.05, 4.69) is 39.9 Å². The van der Waals surface area contributed by atoms with Gasteiger partial charge in [0, 0.05) is 13.2 Å². The van der Waals surface area contributed by atoms with Crippen LogP contribution in [-0.2, 0) is 4.74 Å². The molecule has 2 heteroatoms. The summed E-state index contributed by atoms with van der Waals surface area (Å²) < 4.78 is 5.52. The number of ether oxygens (including phenoxy) is 1. The topological polar surface area (TPSA) is 21.3 Å². The van der Waals surface area contributed by atoms with Gasteiger partial charge in [0.25, 0.3) is 0 Å². The van der Waals surface area contributed by atoms with Crippen molar-refractivity contribution >= 4 is 0 Å². The van der Waals surface area contributed by atoms with Crippen LogP contribution in [0.15, 0.2) is 0 Å². The second-order valence-electron chi connectivity index (χ2n) is 5.22. The van der Waals surface area contributed by atoms with Gasteiger partial charge in [-0.2, -0.15) is 0 Å². The van der Waals surface area contributed by atoms with Gasteiger partial charge in [0.15, 0.2) is 0 Å². The Morgan fingerprint density at radius 3 is 2.20 bits per heavy atom. The van der Waals surface area contributed by atoms with Crippen molar-refractivity contribution in [1.29, 1.82) is 0 Å². The van der Waals surface area contributed by atoms with Crippen molar-refractivity contribution in [2.45, 2.75) is 41.0 Å². The number of rotatable bonds is 9. The highest BCUT2D eigenvalue weighted by Gasteiger charge is 2.05. The van der Waals surface area contributed by atoms with Crippen LogP contribution < -0.4 is 5.32 Å². The summed E-state index contributed by atoms with van der Waals surface area (Å²) in [6.45, 7) is 15.1. The molecule has 0 saturated heterocycles. The van der Waals surface area contributed by atoms with E-state index in [1.54, 1.807) is 0 Å². The summed E-state index contributed by atoms with van der Waals surface area (Å²) in [7, 11) is 0. The first kappa shape index (κ1) is 14.9. The molecule has 0 bridgehead atoms. The fourth-order valence-corrected chi connectivity index (χ4v) is 1.13. The lowest BCUT2D eigenvalue weighted by molar-refractivity contribution is 0.124. The van der Waals surface area contributed by atoms with Crippen molar-refractivity contribution in [2.75, 3.05) is 26.3 Å². The van der Waals surface area contributed by atoms with Gasteiger partial charge in [0.05, 0.1) is 6.61 Å². The highest BCUT2D eigenvalue weighted by molar-refractivity contribution is 4.60. The molecule has 0 radical (unpaired) electrons. The van der Waals surface area contributed by atoms with E-state index < -0.39 is 0 Å². The van der Waals surface area contributed by atoms with Gasteiger partial charge < -0.3 is 10.1 Å². The van der Waals surface area contributed by atoms with E-state index in [1.807, 2.05) is 0 Å². The molecule has 1 N–H and O–H groups in total. The Morgan fingerprint density at radius 1 is 1.00 bits per heavy atom. The van der Waals surface area contributed by atoms with Crippen LogP contribution in [-0.4, -0.2) is 26.3 Å². The van der Waals surface area contributed by atoms with E-state index >= 15 is 0 Å². The number of hydrogen-bond acceptors (Lipinski definition) is 2. The SMILES string of the molecule is CC(C)CCOCCNCC(C)C(C)C. The normalized spacial score (nSPS) is 13.8. The Balaban J connectivity index is 3.11. The smallest absolute Gasteiger partial charge is 0.0590 e. The van der Waals surface area contributed by atoms with Crippen LogP contribution in [0, 0.1) is 17.8 Å². The van der Waals surface area contributed by atoms with Crippen molar-refractivity contribution < 1.29 is 4.74 Å². The van der Waals surface area contributed by atoms with Crippen LogP contribution in [0.5, 0.6) is 0 Å². The van der Waals surface area contributed by atoms with Crippen LogP contribution in [0.3, 0.4) is 0 Å². The van der Waals surface area contributed by atoms with Crippen LogP contribution in [0.1, 0.15) is 41.0 Å². The molecule has 0 aliphatic heterocycles. The Morgan fingerprint density at radius 2 is 1.67 bits per heavy atom. The monoisotopic (exact) mass is 215 g/mol. The maximum atomic E-state index is 5.52. The third-order valence-corrected chi connectivity index (χ3v) is 2.87. The molecule has 0 aromatic rings. The van der Waals surface area contributed by atoms with Crippen molar-refractivity contribution in [2.24, 2.45) is 17.8 Å². The summed E-state index contributed by atoms with van der Waals surface area (Å²) in [5, 5.41) is 3.43. The first-order valence-corrected chi connectivity index (χ1v) is 6.32. The van der Waals surface area contributed by atoms with E-state index in [-0.39, 0.29) is 0 Å². The molecule has 0 aromatic carbocycles. The lowest BCUT2D eigenvalue weighted by atomic mass is 9.98. The minimum absolute atomic E-state index is 0.749. The van der Waals surface area contributed by atoms with E-state index in [4.69, 9.17) is 4.74 Å². The second-order valence-corrected chi connectivity index (χ2v) is 5.22. The molecule has 0 aliphatic rings. The summed E-state index contributed by atoms with van der Waals surface area (Å²) in [4.78, 5) is 0. The Bertz CT molecular complexity index is 134. The minimum Gasteiger partial charge on any atom is -0.380 e. The molecule has 2 nitrogen and oxygen atoms in total. The van der Waals surface area contributed by atoms with E-state index in [0.717, 1.165) is 44.1 Å². The summed E-state index contributed by atoms with van der Waals surface area (Å²) in [6.07, 6.45) is 1.17. The number of nitrogens with one attached hydrogen (secondary N) is 1. The molecular formula is C13H29NO. The fraction of sp³-hybridized carbons (Fsp3) is 1.00. The average Bonchev–Trinajstić information content (AvgIpc) is 2.15. The zero-order chi connectivity index (χ0) is 11.7. The van der Waals surface area contributed by atoms with Crippen LogP contribution in [0.2, 0.25) is 0 Å². The Labute approximate surface area is 95.8 Å². The third kappa shape index (κ3) is 10.2. The predicted molar refractivity (Wildman–Crippen MR) is 67.1 cm³/mol. The number of hydrogen-bond donors (Lipinski definition) is 1. The Kier molecular flexibility index (Phi) is 9.12. The van der Waals surface area contributed by atoms with Gasteiger partial charge in [-0.1, -0.05) is 34.6 Å². The minimum atomic E-state index is 0.749. The maximum Gasteiger partial charge on any atom is 0.0590 e. The summed E-state index contributed by atoms with van der Waals surface area (Å²) in [5.41, 5.74) is 0. The van der Waals surface area contributed by atoms with Gasteiger partial charge in [0.2, 0.25) is 0 Å². The molecule has 92 valence electrons. The first-order chi connectivity index (χ1) is 7.04. The molecule has 0 saturated carbocycles. The van der Waals surface area contributed by atoms with E-state index in [1.165, 1.54) is 6.42 Å². The highest BCUT2D eigenvalue weighted by atomic mass is 16.5. The molecule has 1 unspecified atom stereocenters. The van der Waals surface area contributed by atoms with Gasteiger partial charge in [-0.25, -0.2) is 0 Å². The zero-order valence-corrected chi connectivity index (χ0v) is 11.2. The molecule has 0 heterocycles. The van der Waals surface area contributed by atoms with Gasteiger partial charge in [0.1, 0.15) is 0 Å². The molecule has 0 aliphatic carbocycles. The molecule has 0 fully saturated rings. The average molecular weight is 215 g/mol. The van der Waals surface area contributed by atoms with Gasteiger partial charge >= 0.3 is 0 Å². The quantitative estimate of drug-likeness (QED) is 0.597. The Hall–Kier alpha value is -0.0800. The largest absolute Gasteiger partial charge is 0.380 e. The molecule has 0 rings (SSSR count). The lowest BCUT2D eigenvalue weighted by Crippen LogP contribution is -2.27. The van der Waals surface area contributed by atoms with Gasteiger partial charge in [-0.15, -0.1) is 0 Å².